The molecule has 0 aliphatic carbocycles. The van der Waals surface area contributed by atoms with E-state index in [-0.39, 0.29) is 18.3 Å². The Morgan fingerprint density at radius 2 is 1.95 bits per heavy atom. The largest absolute Gasteiger partial charge is 0.487 e. The summed E-state index contributed by atoms with van der Waals surface area (Å²) in [6.07, 6.45) is 0. The van der Waals surface area contributed by atoms with E-state index in [1.54, 1.807) is 18.2 Å². The molecule has 0 fully saturated rings. The van der Waals surface area contributed by atoms with E-state index < -0.39 is 0 Å². The number of hydrogen-bond acceptors (Lipinski definition) is 1. The lowest BCUT2D eigenvalue weighted by Gasteiger charge is -2.09. The molecule has 20 heavy (non-hydrogen) atoms. The average Bonchev–Trinajstić information content (AvgIpc) is 2.45. The SMILES string of the molecule is Fc1cc(Cl)ccc1COc1ccccc1C#CCCl. The van der Waals surface area contributed by atoms with Gasteiger partial charge in [0.2, 0.25) is 0 Å². The van der Waals surface area contributed by atoms with Crippen molar-refractivity contribution in [3.05, 3.63) is 64.4 Å². The summed E-state index contributed by atoms with van der Waals surface area (Å²) < 4.78 is 19.3. The van der Waals surface area contributed by atoms with Crippen molar-refractivity contribution in [3.8, 4) is 17.6 Å². The Kier molecular flexibility index (Phi) is 5.29. The number of para-hydroxylation sites is 1. The molecular weight excluding hydrogens is 298 g/mol. The number of alkyl halides is 1. The summed E-state index contributed by atoms with van der Waals surface area (Å²) in [5, 5.41) is 0.361. The molecule has 0 radical (unpaired) electrons. The number of halogens is 3. The van der Waals surface area contributed by atoms with Gasteiger partial charge >= 0.3 is 0 Å². The second kappa shape index (κ2) is 7.19. The van der Waals surface area contributed by atoms with E-state index >= 15 is 0 Å². The summed E-state index contributed by atoms with van der Waals surface area (Å²) in [5.74, 6) is 6.13. The molecule has 0 aliphatic heterocycles. The lowest BCUT2D eigenvalue weighted by atomic mass is 10.2. The fourth-order valence-corrected chi connectivity index (χ4v) is 1.84. The summed E-state index contributed by atoms with van der Waals surface area (Å²) in [5.41, 5.74) is 1.16. The van der Waals surface area contributed by atoms with Gasteiger partial charge in [-0.1, -0.05) is 41.6 Å². The third kappa shape index (κ3) is 3.90. The van der Waals surface area contributed by atoms with Crippen molar-refractivity contribution in [2.24, 2.45) is 0 Å². The number of hydrogen-bond donors (Lipinski definition) is 0. The molecule has 0 saturated heterocycles. The molecule has 4 heteroatoms. The first-order valence-electron chi connectivity index (χ1n) is 5.91. The van der Waals surface area contributed by atoms with Crippen molar-refractivity contribution in [2.75, 3.05) is 5.88 Å². The van der Waals surface area contributed by atoms with E-state index in [4.69, 9.17) is 27.9 Å². The van der Waals surface area contributed by atoms with Crippen LogP contribution < -0.4 is 4.74 Å². The Morgan fingerprint density at radius 3 is 2.70 bits per heavy atom. The summed E-state index contributed by atoms with van der Waals surface area (Å²) in [7, 11) is 0. The molecule has 1 nitrogen and oxygen atoms in total. The van der Waals surface area contributed by atoms with Crippen molar-refractivity contribution in [3.63, 3.8) is 0 Å². The van der Waals surface area contributed by atoms with Crippen LogP contribution in [0.15, 0.2) is 42.5 Å². The molecular formula is C16H11Cl2FO. The lowest BCUT2D eigenvalue weighted by molar-refractivity contribution is 0.299. The fourth-order valence-electron chi connectivity index (χ4n) is 1.62. The third-order valence-corrected chi connectivity index (χ3v) is 2.94. The number of ether oxygens (including phenoxy) is 1. The molecule has 2 aromatic rings. The van der Waals surface area contributed by atoms with Crippen LogP contribution in [0.3, 0.4) is 0 Å². The zero-order valence-electron chi connectivity index (χ0n) is 10.5. The Hall–Kier alpha value is -1.69. The second-order valence-electron chi connectivity index (χ2n) is 3.96. The second-order valence-corrected chi connectivity index (χ2v) is 4.66. The maximum absolute atomic E-state index is 13.6. The molecule has 0 unspecified atom stereocenters. The van der Waals surface area contributed by atoms with Crippen molar-refractivity contribution in [2.45, 2.75) is 6.61 Å². The van der Waals surface area contributed by atoms with Gasteiger partial charge in [-0.05, 0) is 24.3 Å². The smallest absolute Gasteiger partial charge is 0.135 e. The highest BCUT2D eigenvalue weighted by Crippen LogP contribution is 2.20. The van der Waals surface area contributed by atoms with E-state index in [9.17, 15) is 4.39 Å². The van der Waals surface area contributed by atoms with Crippen LogP contribution >= 0.6 is 23.2 Å². The Balaban J connectivity index is 2.14. The van der Waals surface area contributed by atoms with Crippen LogP contribution in [0.4, 0.5) is 4.39 Å². The molecule has 0 aromatic heterocycles. The molecule has 0 atom stereocenters. The van der Waals surface area contributed by atoms with Gasteiger partial charge in [0.15, 0.2) is 0 Å². The van der Waals surface area contributed by atoms with Gasteiger partial charge < -0.3 is 4.74 Å². The highest BCUT2D eigenvalue weighted by Gasteiger charge is 2.05. The van der Waals surface area contributed by atoms with E-state index in [1.807, 2.05) is 18.2 Å². The van der Waals surface area contributed by atoms with Gasteiger partial charge in [0.1, 0.15) is 18.2 Å². The number of rotatable bonds is 3. The Bertz CT molecular complexity index is 659. The van der Waals surface area contributed by atoms with Gasteiger partial charge in [0.25, 0.3) is 0 Å². The van der Waals surface area contributed by atoms with Crippen molar-refractivity contribution < 1.29 is 9.13 Å². The fraction of sp³-hybridized carbons (Fsp3) is 0.125. The monoisotopic (exact) mass is 308 g/mol. The van der Waals surface area contributed by atoms with Crippen molar-refractivity contribution in [1.82, 2.24) is 0 Å². The molecule has 0 amide bonds. The minimum Gasteiger partial charge on any atom is -0.487 e. The van der Waals surface area contributed by atoms with Crippen LogP contribution in [0.5, 0.6) is 5.75 Å². The summed E-state index contributed by atoms with van der Waals surface area (Å²) >= 11 is 11.2. The van der Waals surface area contributed by atoms with Gasteiger partial charge in [-0.25, -0.2) is 4.39 Å². The average molecular weight is 309 g/mol. The Labute approximate surface area is 127 Å². The van der Waals surface area contributed by atoms with Gasteiger partial charge in [0, 0.05) is 10.6 Å². The summed E-state index contributed by atoms with van der Waals surface area (Å²) in [4.78, 5) is 0. The van der Waals surface area contributed by atoms with E-state index in [0.717, 1.165) is 5.56 Å². The lowest BCUT2D eigenvalue weighted by Crippen LogP contribution is -1.99. The summed E-state index contributed by atoms with van der Waals surface area (Å²) in [6, 6.07) is 11.8. The van der Waals surface area contributed by atoms with Crippen LogP contribution in [0.2, 0.25) is 5.02 Å². The Morgan fingerprint density at radius 1 is 1.15 bits per heavy atom. The van der Waals surface area contributed by atoms with Gasteiger partial charge in [-0.2, -0.15) is 0 Å². The predicted octanol–water partition coefficient (Wildman–Crippen LogP) is 4.65. The molecule has 0 spiro atoms. The molecule has 2 aromatic carbocycles. The quantitative estimate of drug-likeness (QED) is 0.592. The van der Waals surface area contributed by atoms with E-state index in [2.05, 4.69) is 11.8 Å². The molecule has 0 N–H and O–H groups in total. The van der Waals surface area contributed by atoms with Crippen LogP contribution in [-0.4, -0.2) is 5.88 Å². The first-order chi connectivity index (χ1) is 9.70. The standard InChI is InChI=1S/C16H11Cl2FO/c17-9-3-5-12-4-1-2-6-16(12)20-11-13-7-8-14(18)10-15(13)19/h1-2,4,6-8,10H,9,11H2. The van der Waals surface area contributed by atoms with E-state index in [0.29, 0.717) is 16.3 Å². The highest BCUT2D eigenvalue weighted by atomic mass is 35.5. The van der Waals surface area contributed by atoms with Gasteiger partial charge in [0.05, 0.1) is 11.4 Å². The van der Waals surface area contributed by atoms with Crippen LogP contribution in [0, 0.1) is 17.7 Å². The maximum Gasteiger partial charge on any atom is 0.135 e. The predicted molar refractivity (Wildman–Crippen MR) is 79.8 cm³/mol. The van der Waals surface area contributed by atoms with Gasteiger partial charge in [-0.3, -0.25) is 0 Å². The van der Waals surface area contributed by atoms with Crippen LogP contribution in [0.25, 0.3) is 0 Å². The first kappa shape index (κ1) is 14.7. The molecule has 0 bridgehead atoms. The normalized spacial score (nSPS) is 9.75. The van der Waals surface area contributed by atoms with Crippen molar-refractivity contribution in [1.29, 1.82) is 0 Å². The zero-order valence-corrected chi connectivity index (χ0v) is 12.0. The topological polar surface area (TPSA) is 9.23 Å². The molecule has 0 heterocycles. The molecule has 102 valence electrons. The first-order valence-corrected chi connectivity index (χ1v) is 6.82. The van der Waals surface area contributed by atoms with Gasteiger partial charge in [-0.15, -0.1) is 11.6 Å². The minimum atomic E-state index is -0.387. The zero-order chi connectivity index (χ0) is 14.4. The third-order valence-electron chi connectivity index (χ3n) is 2.58. The molecule has 0 saturated carbocycles. The molecule has 2 rings (SSSR count). The minimum absolute atomic E-state index is 0.114. The maximum atomic E-state index is 13.6. The van der Waals surface area contributed by atoms with E-state index in [1.165, 1.54) is 6.07 Å². The number of benzene rings is 2. The van der Waals surface area contributed by atoms with Crippen LogP contribution in [-0.2, 0) is 6.61 Å². The van der Waals surface area contributed by atoms with Crippen LogP contribution in [0.1, 0.15) is 11.1 Å². The van der Waals surface area contributed by atoms with Crippen molar-refractivity contribution >= 4 is 23.2 Å². The molecule has 0 aliphatic rings. The highest BCUT2D eigenvalue weighted by molar-refractivity contribution is 6.30. The summed E-state index contributed by atoms with van der Waals surface area (Å²) in [6.45, 7) is 0.114.